The minimum Gasteiger partial charge on any atom is -0.494 e. The third kappa shape index (κ3) is 7.16. The van der Waals surface area contributed by atoms with Gasteiger partial charge in [0.1, 0.15) is 29.3 Å². The van der Waals surface area contributed by atoms with E-state index in [-0.39, 0.29) is 5.78 Å². The van der Waals surface area contributed by atoms with Crippen LogP contribution in [0.4, 0.5) is 0 Å². The molecule has 1 saturated carbocycles. The highest BCUT2D eigenvalue weighted by Crippen LogP contribution is 2.35. The van der Waals surface area contributed by atoms with Gasteiger partial charge in [-0.05, 0) is 91.9 Å². The van der Waals surface area contributed by atoms with Crippen molar-refractivity contribution in [1.29, 1.82) is 0 Å². The molecule has 0 amide bonds. The first-order valence-electron chi connectivity index (χ1n) is 13.8. The van der Waals surface area contributed by atoms with Crippen LogP contribution in [0, 0.1) is 5.92 Å². The number of hydrogen-bond acceptors (Lipinski definition) is 6. The number of rotatable bonds is 14. The third-order valence-corrected chi connectivity index (χ3v) is 7.53. The minimum absolute atomic E-state index is 0.236. The number of ketones is 1. The molecule has 2 aromatic carbocycles. The van der Waals surface area contributed by atoms with Gasteiger partial charge in [-0.3, -0.25) is 4.79 Å². The molecule has 0 saturated heterocycles. The van der Waals surface area contributed by atoms with Gasteiger partial charge in [0.25, 0.3) is 0 Å². The standard InChI is InChI=1S/C31H35ClN4O3/c1-3-36(4-2)14-5-15-38-25-11-8-22(9-12-25)29-19-27-30(35-29)33-20-34-31(27)39-26-13-10-23(28(32)18-26)17-24(37)16-21-6-7-21/h8-13,18-21H,3-7,14-17H2,1-2H3,(H,33,34,35). The summed E-state index contributed by atoms with van der Waals surface area (Å²) in [6, 6.07) is 15.4. The summed E-state index contributed by atoms with van der Waals surface area (Å²) >= 11 is 6.49. The van der Waals surface area contributed by atoms with E-state index in [1.807, 2.05) is 42.5 Å². The average Bonchev–Trinajstić information content (AvgIpc) is 3.64. The number of nitrogens with one attached hydrogen (secondary N) is 1. The van der Waals surface area contributed by atoms with E-state index in [4.69, 9.17) is 21.1 Å². The third-order valence-electron chi connectivity index (χ3n) is 7.18. The largest absolute Gasteiger partial charge is 0.494 e. The molecule has 204 valence electrons. The van der Waals surface area contributed by atoms with E-state index in [1.54, 1.807) is 6.07 Å². The Hall–Kier alpha value is -3.42. The molecule has 39 heavy (non-hydrogen) atoms. The van der Waals surface area contributed by atoms with Gasteiger partial charge in [0.2, 0.25) is 5.88 Å². The zero-order chi connectivity index (χ0) is 27.2. The van der Waals surface area contributed by atoms with Crippen molar-refractivity contribution in [3.63, 3.8) is 0 Å². The number of carbonyl (C=O) groups is 1. The quantitative estimate of drug-likeness (QED) is 0.170. The maximum absolute atomic E-state index is 12.3. The number of benzene rings is 2. The summed E-state index contributed by atoms with van der Waals surface area (Å²) in [7, 11) is 0. The average molecular weight is 547 g/mol. The topological polar surface area (TPSA) is 80.3 Å². The summed E-state index contributed by atoms with van der Waals surface area (Å²) in [5.74, 6) is 2.66. The highest BCUT2D eigenvalue weighted by molar-refractivity contribution is 6.31. The van der Waals surface area contributed by atoms with Gasteiger partial charge in [-0.15, -0.1) is 0 Å². The summed E-state index contributed by atoms with van der Waals surface area (Å²) in [5, 5.41) is 1.29. The molecule has 0 unspecified atom stereocenters. The van der Waals surface area contributed by atoms with Crippen LogP contribution in [0.15, 0.2) is 54.9 Å². The van der Waals surface area contributed by atoms with E-state index in [1.165, 1.54) is 6.33 Å². The summed E-state index contributed by atoms with van der Waals surface area (Å²) in [5.41, 5.74) is 3.42. The summed E-state index contributed by atoms with van der Waals surface area (Å²) in [4.78, 5) is 26.7. The number of ether oxygens (including phenoxy) is 2. The molecular formula is C31H35ClN4O3. The summed E-state index contributed by atoms with van der Waals surface area (Å²) in [6.07, 6.45) is 5.80. The van der Waals surface area contributed by atoms with Gasteiger partial charge in [-0.1, -0.05) is 31.5 Å². The monoisotopic (exact) mass is 546 g/mol. The van der Waals surface area contributed by atoms with Crippen LogP contribution in [-0.4, -0.2) is 51.9 Å². The Balaban J connectivity index is 1.23. The van der Waals surface area contributed by atoms with E-state index >= 15 is 0 Å². The van der Waals surface area contributed by atoms with Crippen LogP contribution in [-0.2, 0) is 11.2 Å². The number of nitrogens with zero attached hydrogens (tertiary/aromatic N) is 3. The van der Waals surface area contributed by atoms with Gasteiger partial charge in [-0.25, -0.2) is 9.97 Å². The molecule has 0 aliphatic heterocycles. The first-order chi connectivity index (χ1) is 19.0. The number of fused-ring (bicyclic) bond motifs is 1. The SMILES string of the molecule is CCN(CC)CCCOc1ccc(-c2cc3c(Oc4ccc(CC(=O)CC5CC5)c(Cl)c4)ncnc3[nH]2)cc1. The minimum atomic E-state index is 0.236. The second-order valence-electron chi connectivity index (χ2n) is 10.1. The van der Waals surface area contributed by atoms with E-state index in [9.17, 15) is 4.79 Å². The molecule has 4 aromatic rings. The molecule has 7 nitrogen and oxygen atoms in total. The second kappa shape index (κ2) is 12.6. The maximum atomic E-state index is 12.3. The Morgan fingerprint density at radius 3 is 2.54 bits per heavy atom. The number of Topliss-reactive ketones (excluding diaryl/α,β-unsaturated/α-hetero) is 1. The normalized spacial score (nSPS) is 13.2. The molecule has 1 fully saturated rings. The van der Waals surface area contributed by atoms with Crippen molar-refractivity contribution >= 4 is 28.4 Å². The molecule has 1 aliphatic rings. The summed E-state index contributed by atoms with van der Waals surface area (Å²) < 4.78 is 12.0. The molecule has 1 aliphatic carbocycles. The van der Waals surface area contributed by atoms with Crippen LogP contribution in [0.25, 0.3) is 22.3 Å². The second-order valence-corrected chi connectivity index (χ2v) is 10.5. The van der Waals surface area contributed by atoms with Crippen LogP contribution in [0.1, 0.15) is 45.1 Å². The van der Waals surface area contributed by atoms with Crippen LogP contribution in [0.2, 0.25) is 5.02 Å². The van der Waals surface area contributed by atoms with Crippen molar-refractivity contribution in [2.45, 2.75) is 46.0 Å². The molecule has 8 heteroatoms. The Bertz CT molecular complexity index is 1410. The van der Waals surface area contributed by atoms with Gasteiger partial charge < -0.3 is 19.4 Å². The molecule has 1 N–H and O–H groups in total. The van der Waals surface area contributed by atoms with E-state index in [0.29, 0.717) is 47.7 Å². The summed E-state index contributed by atoms with van der Waals surface area (Å²) in [6.45, 7) is 8.23. The first kappa shape index (κ1) is 27.2. The lowest BCUT2D eigenvalue weighted by Gasteiger charge is -2.17. The molecule has 0 atom stereocenters. The van der Waals surface area contributed by atoms with E-state index < -0.39 is 0 Å². The molecule has 0 spiro atoms. The fourth-order valence-corrected chi connectivity index (χ4v) is 4.92. The lowest BCUT2D eigenvalue weighted by atomic mass is 10.0. The maximum Gasteiger partial charge on any atom is 0.231 e. The van der Waals surface area contributed by atoms with Crippen LogP contribution in [0.3, 0.4) is 0 Å². The van der Waals surface area contributed by atoms with E-state index in [0.717, 1.165) is 66.9 Å². The zero-order valence-corrected chi connectivity index (χ0v) is 23.3. The zero-order valence-electron chi connectivity index (χ0n) is 22.6. The predicted octanol–water partition coefficient (Wildman–Crippen LogP) is 7.09. The molecule has 5 rings (SSSR count). The number of halogens is 1. The molecule has 0 bridgehead atoms. The van der Waals surface area contributed by atoms with Gasteiger partial charge in [-0.2, -0.15) is 0 Å². The van der Waals surface area contributed by atoms with Crippen LogP contribution in [0.5, 0.6) is 17.4 Å². The van der Waals surface area contributed by atoms with Crippen molar-refractivity contribution in [3.8, 4) is 28.6 Å². The molecule has 2 aromatic heterocycles. The Morgan fingerprint density at radius 2 is 1.82 bits per heavy atom. The van der Waals surface area contributed by atoms with Gasteiger partial charge in [0, 0.05) is 30.1 Å². The Morgan fingerprint density at radius 1 is 1.05 bits per heavy atom. The van der Waals surface area contributed by atoms with Crippen molar-refractivity contribution in [3.05, 3.63) is 65.4 Å². The number of aromatic amines is 1. The smallest absolute Gasteiger partial charge is 0.231 e. The number of carbonyl (C=O) groups excluding carboxylic acids is 1. The van der Waals surface area contributed by atoms with Crippen LogP contribution >= 0.6 is 11.6 Å². The number of H-pyrrole nitrogens is 1. The highest BCUT2D eigenvalue weighted by atomic mass is 35.5. The van der Waals surface area contributed by atoms with Gasteiger partial charge in [0.15, 0.2) is 0 Å². The Labute approximate surface area is 234 Å². The fraction of sp³-hybridized carbons (Fsp3) is 0.387. The van der Waals surface area contributed by atoms with Crippen molar-refractivity contribution in [2.24, 2.45) is 5.92 Å². The van der Waals surface area contributed by atoms with Crippen LogP contribution < -0.4 is 9.47 Å². The number of hydrogen-bond donors (Lipinski definition) is 1. The van der Waals surface area contributed by atoms with Crippen molar-refractivity contribution in [1.82, 2.24) is 19.9 Å². The first-order valence-corrected chi connectivity index (χ1v) is 14.2. The van der Waals surface area contributed by atoms with Crippen molar-refractivity contribution < 1.29 is 14.3 Å². The molecule has 0 radical (unpaired) electrons. The molecular weight excluding hydrogens is 512 g/mol. The van der Waals surface area contributed by atoms with Gasteiger partial charge in [0.05, 0.1) is 12.0 Å². The van der Waals surface area contributed by atoms with E-state index in [2.05, 4.69) is 33.7 Å². The molecule has 2 heterocycles. The highest BCUT2D eigenvalue weighted by Gasteiger charge is 2.24. The number of aromatic nitrogens is 3. The fourth-order valence-electron chi connectivity index (χ4n) is 4.68. The van der Waals surface area contributed by atoms with Crippen molar-refractivity contribution in [2.75, 3.05) is 26.2 Å². The van der Waals surface area contributed by atoms with Gasteiger partial charge >= 0.3 is 0 Å². The lowest BCUT2D eigenvalue weighted by molar-refractivity contribution is -0.118. The lowest BCUT2D eigenvalue weighted by Crippen LogP contribution is -2.25. The predicted molar refractivity (Wildman–Crippen MR) is 155 cm³/mol. The Kier molecular flexibility index (Phi) is 8.79.